The van der Waals surface area contributed by atoms with Crippen LogP contribution in [0.5, 0.6) is 0 Å². The van der Waals surface area contributed by atoms with Gasteiger partial charge in [-0.25, -0.2) is 14.4 Å². The highest BCUT2D eigenvalue weighted by atomic mass is 35.5. The number of aryl methyl sites for hydroxylation is 1. The quantitative estimate of drug-likeness (QED) is 0.393. The highest BCUT2D eigenvalue weighted by molar-refractivity contribution is 6.30. The van der Waals surface area contributed by atoms with Crippen LogP contribution in [0.25, 0.3) is 0 Å². The predicted molar refractivity (Wildman–Crippen MR) is 122 cm³/mol. The number of halogens is 2. The maximum atomic E-state index is 14.0. The van der Waals surface area contributed by atoms with Gasteiger partial charge in [0.1, 0.15) is 16.8 Å². The number of rotatable bonds is 8. The highest BCUT2D eigenvalue weighted by Crippen LogP contribution is 2.28. The zero-order valence-electron chi connectivity index (χ0n) is 17.8. The molecule has 3 nitrogen and oxygen atoms in total. The Morgan fingerprint density at radius 2 is 2.00 bits per heavy atom. The highest BCUT2D eigenvalue weighted by Gasteiger charge is 2.25. The molecule has 2 heterocycles. The summed E-state index contributed by atoms with van der Waals surface area (Å²) in [5.74, 6) is 0.353. The maximum absolute atomic E-state index is 14.0. The van der Waals surface area contributed by atoms with Crippen LogP contribution in [0.1, 0.15) is 48.8 Å². The summed E-state index contributed by atoms with van der Waals surface area (Å²) < 4.78 is 14.0. The van der Waals surface area contributed by atoms with Gasteiger partial charge in [0.25, 0.3) is 0 Å². The first-order valence-electron chi connectivity index (χ1n) is 10.7. The Morgan fingerprint density at radius 3 is 2.73 bits per heavy atom. The summed E-state index contributed by atoms with van der Waals surface area (Å²) in [5.41, 5.74) is 2.71. The van der Waals surface area contributed by atoms with Gasteiger partial charge in [-0.15, -0.1) is 13.2 Å². The molecular weight excluding hydrogens is 397 g/mol. The molecule has 0 spiro atoms. The van der Waals surface area contributed by atoms with Crippen molar-refractivity contribution in [2.24, 2.45) is 5.41 Å². The molecule has 1 aliphatic heterocycles. The third-order valence-electron chi connectivity index (χ3n) is 5.96. The van der Waals surface area contributed by atoms with Gasteiger partial charge in [0, 0.05) is 30.8 Å². The number of allylic oxidation sites excluding steroid dienone is 1. The molecular formula is C25H31ClFN3. The minimum absolute atomic E-state index is 0.0696. The Labute approximate surface area is 184 Å². The standard InChI is InChI=1S/C25H31ClFN3/c1-4-6-14-25(3,5-2)18-30-15-9-12-22-20(13-16-30)24(26)29-23(28-22)17-19-10-7-8-11-21(19)27/h4-5,7-8,10-11H,1-2,6,9,12-18H2,3H3. The average Bonchev–Trinajstić information content (AvgIpc) is 2.71. The van der Waals surface area contributed by atoms with Crippen molar-refractivity contribution in [2.75, 3.05) is 19.6 Å². The van der Waals surface area contributed by atoms with Crippen LogP contribution in [0.2, 0.25) is 5.15 Å². The molecule has 1 atom stereocenters. The summed E-state index contributed by atoms with van der Waals surface area (Å²) >= 11 is 6.57. The summed E-state index contributed by atoms with van der Waals surface area (Å²) in [7, 11) is 0. The van der Waals surface area contributed by atoms with E-state index >= 15 is 0 Å². The fourth-order valence-electron chi connectivity index (χ4n) is 4.09. The van der Waals surface area contributed by atoms with Gasteiger partial charge in [-0.2, -0.15) is 0 Å². The fraction of sp³-hybridized carbons (Fsp3) is 0.440. The van der Waals surface area contributed by atoms with Gasteiger partial charge in [0.2, 0.25) is 0 Å². The van der Waals surface area contributed by atoms with Crippen LogP contribution >= 0.6 is 11.6 Å². The zero-order chi connectivity index (χ0) is 21.6. The molecule has 30 heavy (non-hydrogen) atoms. The van der Waals surface area contributed by atoms with Gasteiger partial charge < -0.3 is 4.90 Å². The van der Waals surface area contributed by atoms with Crippen LogP contribution in [0, 0.1) is 11.2 Å². The Hall–Kier alpha value is -2.04. The molecule has 3 rings (SSSR count). The third kappa shape index (κ3) is 5.77. The van der Waals surface area contributed by atoms with Crippen molar-refractivity contribution in [3.05, 3.63) is 83.2 Å². The molecule has 2 aromatic rings. The van der Waals surface area contributed by atoms with Crippen LogP contribution < -0.4 is 0 Å². The Balaban J connectivity index is 1.73. The second-order valence-corrected chi connectivity index (χ2v) is 8.80. The van der Waals surface area contributed by atoms with Crippen LogP contribution in [0.4, 0.5) is 4.39 Å². The van der Waals surface area contributed by atoms with E-state index < -0.39 is 0 Å². The van der Waals surface area contributed by atoms with Gasteiger partial charge in [-0.1, -0.05) is 48.9 Å². The van der Waals surface area contributed by atoms with E-state index in [9.17, 15) is 4.39 Å². The van der Waals surface area contributed by atoms with E-state index in [0.29, 0.717) is 23.0 Å². The third-order valence-corrected chi connectivity index (χ3v) is 6.27. The number of benzene rings is 1. The van der Waals surface area contributed by atoms with Gasteiger partial charge in [-0.3, -0.25) is 0 Å². The molecule has 0 amide bonds. The molecule has 0 N–H and O–H groups in total. The molecule has 0 fully saturated rings. The zero-order valence-corrected chi connectivity index (χ0v) is 18.6. The van der Waals surface area contributed by atoms with Crippen molar-refractivity contribution in [2.45, 2.75) is 45.4 Å². The first-order valence-corrected chi connectivity index (χ1v) is 11.1. The molecule has 1 aromatic carbocycles. The van der Waals surface area contributed by atoms with Crippen LogP contribution in [0.3, 0.4) is 0 Å². The molecule has 5 heteroatoms. The number of hydrogen-bond acceptors (Lipinski definition) is 3. The van der Waals surface area contributed by atoms with Crippen LogP contribution in [0.15, 0.2) is 49.6 Å². The van der Waals surface area contributed by atoms with Crippen LogP contribution in [-0.4, -0.2) is 34.5 Å². The van der Waals surface area contributed by atoms with Crippen LogP contribution in [-0.2, 0) is 19.3 Å². The van der Waals surface area contributed by atoms with Crippen molar-refractivity contribution in [1.29, 1.82) is 0 Å². The maximum Gasteiger partial charge on any atom is 0.136 e. The van der Waals surface area contributed by atoms with Crippen molar-refractivity contribution in [1.82, 2.24) is 14.9 Å². The lowest BCUT2D eigenvalue weighted by atomic mass is 9.84. The number of nitrogens with zero attached hydrogens (tertiary/aromatic N) is 3. The molecule has 0 bridgehead atoms. The number of hydrogen-bond donors (Lipinski definition) is 0. The molecule has 0 saturated heterocycles. The Morgan fingerprint density at radius 1 is 1.20 bits per heavy atom. The lowest BCUT2D eigenvalue weighted by Gasteiger charge is -2.34. The summed E-state index contributed by atoms with van der Waals surface area (Å²) in [6, 6.07) is 6.75. The van der Waals surface area contributed by atoms with Gasteiger partial charge in [0.05, 0.1) is 0 Å². The molecule has 0 radical (unpaired) electrons. The molecule has 0 aliphatic carbocycles. The largest absolute Gasteiger partial charge is 0.302 e. The van der Waals surface area contributed by atoms with Crippen molar-refractivity contribution in [3.8, 4) is 0 Å². The lowest BCUT2D eigenvalue weighted by Crippen LogP contribution is -2.38. The van der Waals surface area contributed by atoms with E-state index in [2.05, 4.69) is 36.0 Å². The summed E-state index contributed by atoms with van der Waals surface area (Å²) in [6.07, 6.45) is 9.13. The normalized spacial score (nSPS) is 16.8. The number of aromatic nitrogens is 2. The monoisotopic (exact) mass is 427 g/mol. The first-order chi connectivity index (χ1) is 14.4. The Bertz CT molecular complexity index is 898. The average molecular weight is 428 g/mol. The predicted octanol–water partition coefficient (Wildman–Crippen LogP) is 5.81. The summed E-state index contributed by atoms with van der Waals surface area (Å²) in [6.45, 7) is 13.1. The van der Waals surface area contributed by atoms with E-state index in [-0.39, 0.29) is 11.2 Å². The number of fused-ring (bicyclic) bond motifs is 1. The summed E-state index contributed by atoms with van der Waals surface area (Å²) in [4.78, 5) is 11.8. The fourth-order valence-corrected chi connectivity index (χ4v) is 4.39. The SMILES string of the molecule is C=CCCC(C)(C=C)CN1CCCc2nc(Cc3ccccc3F)nc(Cl)c2CC1. The second kappa shape index (κ2) is 10.3. The van der Waals surface area contributed by atoms with Crippen molar-refractivity contribution in [3.63, 3.8) is 0 Å². The molecule has 160 valence electrons. The minimum atomic E-state index is -0.235. The molecule has 0 saturated carbocycles. The van der Waals surface area contributed by atoms with E-state index in [1.165, 1.54) is 6.07 Å². The van der Waals surface area contributed by atoms with E-state index in [1.807, 2.05) is 12.1 Å². The topological polar surface area (TPSA) is 29.0 Å². The van der Waals surface area contributed by atoms with Gasteiger partial charge in [-0.05, 0) is 55.7 Å². The van der Waals surface area contributed by atoms with Gasteiger partial charge >= 0.3 is 0 Å². The van der Waals surface area contributed by atoms with Crippen molar-refractivity contribution >= 4 is 11.6 Å². The van der Waals surface area contributed by atoms with E-state index in [1.54, 1.807) is 12.1 Å². The van der Waals surface area contributed by atoms with E-state index in [4.69, 9.17) is 16.6 Å². The Kier molecular flexibility index (Phi) is 7.79. The minimum Gasteiger partial charge on any atom is -0.302 e. The van der Waals surface area contributed by atoms with E-state index in [0.717, 1.165) is 63.0 Å². The van der Waals surface area contributed by atoms with Crippen molar-refractivity contribution < 1.29 is 4.39 Å². The smallest absolute Gasteiger partial charge is 0.136 e. The summed E-state index contributed by atoms with van der Waals surface area (Å²) in [5, 5.41) is 0.506. The first kappa shape index (κ1) is 22.6. The molecule has 1 aromatic heterocycles. The molecule has 1 aliphatic rings. The second-order valence-electron chi connectivity index (χ2n) is 8.44. The molecule has 1 unspecified atom stereocenters. The lowest BCUT2D eigenvalue weighted by molar-refractivity contribution is 0.188. The van der Waals surface area contributed by atoms with Gasteiger partial charge in [0.15, 0.2) is 0 Å².